The normalized spacial score (nSPS) is 13.1. The Labute approximate surface area is 154 Å². The molecule has 2 aromatic rings. The number of nitro groups is 1. The summed E-state index contributed by atoms with van der Waals surface area (Å²) in [7, 11) is 1.31. The van der Waals surface area contributed by atoms with Crippen LogP contribution in [0, 0.1) is 10.1 Å². The van der Waals surface area contributed by atoms with Gasteiger partial charge in [0.05, 0.1) is 17.6 Å². The fourth-order valence-corrected chi connectivity index (χ4v) is 3.26. The van der Waals surface area contributed by atoms with Crippen LogP contribution in [0.4, 0.5) is 11.4 Å². The van der Waals surface area contributed by atoms with E-state index in [9.17, 15) is 19.7 Å². The molecule has 0 radical (unpaired) electrons. The van der Waals surface area contributed by atoms with E-state index in [0.29, 0.717) is 30.6 Å². The molecule has 1 heterocycles. The highest BCUT2D eigenvalue weighted by Gasteiger charge is 2.28. The van der Waals surface area contributed by atoms with Gasteiger partial charge in [-0.25, -0.2) is 4.79 Å². The molecule has 8 heteroatoms. The molecule has 0 spiro atoms. The number of methoxy groups -OCH3 is 1. The monoisotopic (exact) mass is 374 g/mol. The van der Waals surface area contributed by atoms with E-state index < -0.39 is 10.9 Å². The predicted octanol–water partition coefficient (Wildman–Crippen LogP) is 3.63. The van der Waals surface area contributed by atoms with Gasteiger partial charge >= 0.3 is 5.97 Å². The molecule has 0 unspecified atom stereocenters. The van der Waals surface area contributed by atoms with Crippen LogP contribution in [0.5, 0.6) is 0 Å². The van der Waals surface area contributed by atoms with Crippen LogP contribution in [0.15, 0.2) is 36.4 Å². The van der Waals surface area contributed by atoms with E-state index in [1.807, 2.05) is 0 Å². The molecule has 0 aliphatic carbocycles. The van der Waals surface area contributed by atoms with Gasteiger partial charge in [0.1, 0.15) is 5.02 Å². The van der Waals surface area contributed by atoms with E-state index in [1.54, 1.807) is 18.2 Å². The third-order valence-electron chi connectivity index (χ3n) is 4.29. The molecular formula is C18H15ClN2O5. The highest BCUT2D eigenvalue weighted by molar-refractivity contribution is 6.32. The van der Waals surface area contributed by atoms with Crippen molar-refractivity contribution in [2.24, 2.45) is 0 Å². The first kappa shape index (κ1) is 17.9. The lowest BCUT2D eigenvalue weighted by atomic mass is 9.95. The fourth-order valence-electron chi connectivity index (χ4n) is 3.08. The van der Waals surface area contributed by atoms with Crippen molar-refractivity contribution < 1.29 is 19.2 Å². The van der Waals surface area contributed by atoms with Crippen LogP contribution in [0.2, 0.25) is 5.02 Å². The average molecular weight is 375 g/mol. The number of nitro benzene ring substituents is 1. The second-order valence-electron chi connectivity index (χ2n) is 5.78. The second kappa shape index (κ2) is 7.13. The molecule has 7 nitrogen and oxygen atoms in total. The SMILES string of the molecule is COC(=O)c1cccc2c1CCCN2C(=O)c1ccc(Cl)c([N+](=O)[O-])c1. The molecule has 0 saturated heterocycles. The highest BCUT2D eigenvalue weighted by atomic mass is 35.5. The Bertz CT molecular complexity index is 912. The van der Waals surface area contributed by atoms with Crippen LogP contribution in [0.25, 0.3) is 0 Å². The number of hydrogen-bond acceptors (Lipinski definition) is 5. The molecule has 2 aromatic carbocycles. The molecule has 1 aliphatic heterocycles. The summed E-state index contributed by atoms with van der Waals surface area (Å²) in [6, 6.07) is 9.05. The Hall–Kier alpha value is -2.93. The van der Waals surface area contributed by atoms with Crippen molar-refractivity contribution in [3.8, 4) is 0 Å². The zero-order chi connectivity index (χ0) is 18.8. The quantitative estimate of drug-likeness (QED) is 0.465. The van der Waals surface area contributed by atoms with E-state index >= 15 is 0 Å². The lowest BCUT2D eigenvalue weighted by Crippen LogP contribution is -2.36. The minimum Gasteiger partial charge on any atom is -0.465 e. The van der Waals surface area contributed by atoms with Crippen molar-refractivity contribution in [2.45, 2.75) is 12.8 Å². The van der Waals surface area contributed by atoms with E-state index in [4.69, 9.17) is 16.3 Å². The maximum atomic E-state index is 12.9. The zero-order valence-electron chi connectivity index (χ0n) is 13.9. The minimum absolute atomic E-state index is 0.0291. The van der Waals surface area contributed by atoms with E-state index in [-0.39, 0.29) is 22.2 Å². The fraction of sp³-hybridized carbons (Fsp3) is 0.222. The molecule has 1 amide bonds. The van der Waals surface area contributed by atoms with Crippen LogP contribution >= 0.6 is 11.6 Å². The van der Waals surface area contributed by atoms with Crippen molar-refractivity contribution >= 4 is 34.9 Å². The van der Waals surface area contributed by atoms with Crippen molar-refractivity contribution in [3.63, 3.8) is 0 Å². The third kappa shape index (κ3) is 3.13. The zero-order valence-corrected chi connectivity index (χ0v) is 14.7. The van der Waals surface area contributed by atoms with Gasteiger partial charge in [-0.1, -0.05) is 17.7 Å². The highest BCUT2D eigenvalue weighted by Crippen LogP contribution is 2.32. The Morgan fingerprint density at radius 2 is 2.04 bits per heavy atom. The summed E-state index contributed by atoms with van der Waals surface area (Å²) in [4.78, 5) is 36.9. The van der Waals surface area contributed by atoms with Crippen molar-refractivity contribution in [2.75, 3.05) is 18.6 Å². The number of esters is 1. The van der Waals surface area contributed by atoms with Crippen LogP contribution in [-0.2, 0) is 11.2 Å². The van der Waals surface area contributed by atoms with Gasteiger partial charge in [-0.05, 0) is 42.7 Å². The number of nitrogens with zero attached hydrogens (tertiary/aromatic N) is 2. The summed E-state index contributed by atoms with van der Waals surface area (Å²) in [5, 5.41) is 11.0. The number of fused-ring (bicyclic) bond motifs is 1. The number of ether oxygens (including phenoxy) is 1. The predicted molar refractivity (Wildman–Crippen MR) is 95.9 cm³/mol. The third-order valence-corrected chi connectivity index (χ3v) is 4.61. The van der Waals surface area contributed by atoms with Crippen LogP contribution in [-0.4, -0.2) is 30.5 Å². The Kier molecular flexibility index (Phi) is 4.90. The lowest BCUT2D eigenvalue weighted by Gasteiger charge is -2.30. The number of amides is 1. The largest absolute Gasteiger partial charge is 0.465 e. The van der Waals surface area contributed by atoms with Crippen LogP contribution in [0.3, 0.4) is 0 Å². The van der Waals surface area contributed by atoms with Crippen LogP contribution < -0.4 is 4.90 Å². The Balaban J connectivity index is 2.03. The van der Waals surface area contributed by atoms with Gasteiger partial charge in [0.25, 0.3) is 11.6 Å². The van der Waals surface area contributed by atoms with E-state index in [2.05, 4.69) is 0 Å². The molecule has 26 heavy (non-hydrogen) atoms. The molecule has 3 rings (SSSR count). The van der Waals surface area contributed by atoms with Gasteiger partial charge < -0.3 is 9.64 Å². The number of rotatable bonds is 3. The second-order valence-corrected chi connectivity index (χ2v) is 6.19. The molecule has 0 aromatic heterocycles. The first-order valence-electron chi connectivity index (χ1n) is 7.90. The standard InChI is InChI=1S/C18H15ClN2O5/c1-26-18(23)13-4-2-6-15-12(13)5-3-9-20(15)17(22)11-7-8-14(19)16(10-11)21(24)25/h2,4,6-8,10H,3,5,9H2,1H3. The number of halogens is 1. The molecule has 134 valence electrons. The van der Waals surface area contributed by atoms with Crippen LogP contribution in [0.1, 0.15) is 32.7 Å². The van der Waals surface area contributed by atoms with Gasteiger partial charge in [-0.3, -0.25) is 14.9 Å². The van der Waals surface area contributed by atoms with Crippen molar-refractivity contribution in [3.05, 3.63) is 68.2 Å². The Morgan fingerprint density at radius 1 is 1.27 bits per heavy atom. The maximum Gasteiger partial charge on any atom is 0.338 e. The summed E-state index contributed by atoms with van der Waals surface area (Å²) < 4.78 is 4.81. The summed E-state index contributed by atoms with van der Waals surface area (Å²) >= 11 is 5.82. The first-order chi connectivity index (χ1) is 12.4. The molecule has 0 saturated carbocycles. The number of benzene rings is 2. The van der Waals surface area contributed by atoms with E-state index in [1.165, 1.54) is 30.2 Å². The first-order valence-corrected chi connectivity index (χ1v) is 8.28. The van der Waals surface area contributed by atoms with Gasteiger partial charge in [0, 0.05) is 23.9 Å². The molecule has 0 fully saturated rings. The van der Waals surface area contributed by atoms with Gasteiger partial charge in [0.15, 0.2) is 0 Å². The van der Waals surface area contributed by atoms with Crippen molar-refractivity contribution in [1.82, 2.24) is 0 Å². The number of hydrogen-bond donors (Lipinski definition) is 0. The van der Waals surface area contributed by atoms with Gasteiger partial charge in [-0.15, -0.1) is 0 Å². The maximum absolute atomic E-state index is 12.9. The lowest BCUT2D eigenvalue weighted by molar-refractivity contribution is -0.384. The van der Waals surface area contributed by atoms with Crippen molar-refractivity contribution in [1.29, 1.82) is 0 Å². The number of carbonyl (C=O) groups is 2. The molecule has 0 bridgehead atoms. The minimum atomic E-state index is -0.626. The molecule has 0 atom stereocenters. The number of carbonyl (C=O) groups excluding carboxylic acids is 2. The number of anilines is 1. The van der Waals surface area contributed by atoms with Gasteiger partial charge in [0.2, 0.25) is 0 Å². The Morgan fingerprint density at radius 3 is 2.73 bits per heavy atom. The molecule has 1 aliphatic rings. The molecule has 0 N–H and O–H groups in total. The average Bonchev–Trinajstić information content (AvgIpc) is 2.66. The molecular weight excluding hydrogens is 360 g/mol. The summed E-state index contributed by atoms with van der Waals surface area (Å²) in [5.74, 6) is -0.842. The topological polar surface area (TPSA) is 89.8 Å². The van der Waals surface area contributed by atoms with E-state index in [0.717, 1.165) is 5.56 Å². The summed E-state index contributed by atoms with van der Waals surface area (Å²) in [5.41, 5.74) is 1.62. The summed E-state index contributed by atoms with van der Waals surface area (Å²) in [6.07, 6.45) is 1.31. The summed E-state index contributed by atoms with van der Waals surface area (Å²) in [6.45, 7) is 0.451. The van der Waals surface area contributed by atoms with Gasteiger partial charge in [-0.2, -0.15) is 0 Å². The smallest absolute Gasteiger partial charge is 0.338 e.